The fourth-order valence-corrected chi connectivity index (χ4v) is 2.98. The maximum atomic E-state index is 10.9. The number of rotatable bonds is 9. The number of nitrogens with zero attached hydrogens (tertiary/aromatic N) is 3. The minimum atomic E-state index is -0.899. The van der Waals surface area contributed by atoms with Crippen molar-refractivity contribution in [1.82, 2.24) is 14.8 Å². The molecule has 28 heavy (non-hydrogen) atoms. The van der Waals surface area contributed by atoms with Crippen molar-refractivity contribution in [3.05, 3.63) is 65.5 Å². The summed E-state index contributed by atoms with van der Waals surface area (Å²) in [4.78, 5) is 19.9. The molecule has 0 saturated carbocycles. The third-order valence-electron chi connectivity index (χ3n) is 4.81. The van der Waals surface area contributed by atoms with E-state index >= 15 is 0 Å². The Kier molecular flexibility index (Phi) is 11.1. The molecule has 0 spiro atoms. The quantitative estimate of drug-likeness (QED) is 0.701. The Hall–Kier alpha value is -2.24. The summed E-state index contributed by atoms with van der Waals surface area (Å²) in [6, 6.07) is 13.0. The van der Waals surface area contributed by atoms with Crippen molar-refractivity contribution in [1.29, 1.82) is 0 Å². The van der Waals surface area contributed by atoms with Gasteiger partial charge in [0.1, 0.15) is 0 Å². The Morgan fingerprint density at radius 1 is 1.00 bits per heavy atom. The Labute approximate surface area is 170 Å². The van der Waals surface area contributed by atoms with Gasteiger partial charge in [-0.3, -0.25) is 4.98 Å². The maximum Gasteiger partial charge on any atom is 0.335 e. The first kappa shape index (κ1) is 23.8. The Morgan fingerprint density at radius 3 is 2.00 bits per heavy atom. The summed E-state index contributed by atoms with van der Waals surface area (Å²) in [5.74, 6) is -0.722. The fraction of sp³-hybridized carbons (Fsp3) is 0.478. The number of aromatic nitrogens is 1. The molecule has 1 aromatic heterocycles. The van der Waals surface area contributed by atoms with Crippen LogP contribution in [0.1, 0.15) is 54.7 Å². The van der Waals surface area contributed by atoms with Crippen LogP contribution in [0.3, 0.4) is 0 Å². The number of hydrogen-bond acceptors (Lipinski definition) is 4. The Morgan fingerprint density at radius 2 is 1.61 bits per heavy atom. The average Bonchev–Trinajstić information content (AvgIpc) is 2.71. The molecule has 0 fully saturated rings. The second kappa shape index (κ2) is 13.0. The molecular formula is C23H35N3O2. The first-order valence-electron chi connectivity index (χ1n) is 10.0. The molecule has 5 heteroatoms. The van der Waals surface area contributed by atoms with Gasteiger partial charge in [0.25, 0.3) is 0 Å². The van der Waals surface area contributed by atoms with Crippen LogP contribution in [0.4, 0.5) is 0 Å². The van der Waals surface area contributed by atoms with Gasteiger partial charge in [0.2, 0.25) is 0 Å². The second-order valence-electron chi connectivity index (χ2n) is 6.95. The van der Waals surface area contributed by atoms with E-state index < -0.39 is 5.97 Å². The van der Waals surface area contributed by atoms with Crippen molar-refractivity contribution in [3.63, 3.8) is 0 Å². The van der Waals surface area contributed by atoms with Gasteiger partial charge in [-0.05, 0) is 76.5 Å². The normalized spacial score (nSPS) is 11.8. The largest absolute Gasteiger partial charge is 0.478 e. The summed E-state index contributed by atoms with van der Waals surface area (Å²) in [5.41, 5.74) is 2.43. The monoisotopic (exact) mass is 385 g/mol. The van der Waals surface area contributed by atoms with E-state index in [9.17, 15) is 4.79 Å². The summed E-state index contributed by atoms with van der Waals surface area (Å²) < 4.78 is 0. The van der Waals surface area contributed by atoms with Crippen molar-refractivity contribution in [3.8, 4) is 0 Å². The molecule has 1 atom stereocenters. The maximum absolute atomic E-state index is 10.9. The van der Waals surface area contributed by atoms with Crippen molar-refractivity contribution in [2.75, 3.05) is 40.3 Å². The first-order valence-corrected chi connectivity index (χ1v) is 10.0. The predicted octanol–water partition coefficient (Wildman–Crippen LogP) is 4.21. The molecule has 1 N–H and O–H groups in total. The molecule has 0 amide bonds. The van der Waals surface area contributed by atoms with Gasteiger partial charge in [0, 0.05) is 17.8 Å². The highest BCUT2D eigenvalue weighted by molar-refractivity contribution is 5.87. The van der Waals surface area contributed by atoms with Gasteiger partial charge in [-0.25, -0.2) is 4.79 Å². The summed E-state index contributed by atoms with van der Waals surface area (Å²) in [7, 11) is 4.09. The highest BCUT2D eigenvalue weighted by Crippen LogP contribution is 2.26. The highest BCUT2D eigenvalue weighted by Gasteiger charge is 2.16. The summed E-state index contributed by atoms with van der Waals surface area (Å²) >= 11 is 0. The Balaban J connectivity index is 0.000000480. The minimum absolute atomic E-state index is 0.177. The molecule has 1 heterocycles. The van der Waals surface area contributed by atoms with Gasteiger partial charge in [0.05, 0.1) is 5.56 Å². The van der Waals surface area contributed by atoms with Gasteiger partial charge in [-0.1, -0.05) is 39.0 Å². The number of benzene rings is 1. The van der Waals surface area contributed by atoms with Gasteiger partial charge in [0.15, 0.2) is 0 Å². The predicted molar refractivity (Wildman–Crippen MR) is 116 cm³/mol. The third kappa shape index (κ3) is 8.19. The van der Waals surface area contributed by atoms with E-state index in [4.69, 9.17) is 5.11 Å². The lowest BCUT2D eigenvalue weighted by atomic mass is 9.91. The molecule has 0 aliphatic rings. The van der Waals surface area contributed by atoms with E-state index in [2.05, 4.69) is 35.6 Å². The van der Waals surface area contributed by atoms with E-state index in [1.54, 1.807) is 18.3 Å². The topological polar surface area (TPSA) is 56.7 Å². The molecule has 5 nitrogen and oxygen atoms in total. The van der Waals surface area contributed by atoms with Crippen molar-refractivity contribution >= 4 is 5.97 Å². The van der Waals surface area contributed by atoms with Gasteiger partial charge in [-0.2, -0.15) is 0 Å². The zero-order valence-corrected chi connectivity index (χ0v) is 17.9. The lowest BCUT2D eigenvalue weighted by Gasteiger charge is -2.19. The number of carbonyl (C=O) groups is 1. The number of pyridine rings is 1. The van der Waals surface area contributed by atoms with Crippen LogP contribution in [0, 0.1) is 0 Å². The minimum Gasteiger partial charge on any atom is -0.478 e. The number of carboxylic acid groups (broad SMARTS) is 1. The van der Waals surface area contributed by atoms with E-state index in [1.807, 2.05) is 44.4 Å². The second-order valence-corrected chi connectivity index (χ2v) is 6.95. The molecule has 0 aliphatic heterocycles. The van der Waals surface area contributed by atoms with Gasteiger partial charge < -0.3 is 14.9 Å². The molecule has 0 saturated heterocycles. The lowest BCUT2D eigenvalue weighted by Crippen LogP contribution is -2.21. The molecular weight excluding hydrogens is 350 g/mol. The fourth-order valence-electron chi connectivity index (χ4n) is 2.98. The molecule has 1 aromatic carbocycles. The smallest absolute Gasteiger partial charge is 0.335 e. The van der Waals surface area contributed by atoms with Gasteiger partial charge in [-0.15, -0.1) is 0 Å². The zero-order chi connectivity index (χ0) is 20.9. The molecule has 2 aromatic rings. The summed E-state index contributed by atoms with van der Waals surface area (Å²) in [6.07, 6.45) is 2.74. The number of hydrogen-bond donors (Lipinski definition) is 1. The SMILES string of the molecule is CCN(CC)CC.CN(C)CCC(c1ccc(C(=O)O)cc1)c1ccccn1. The van der Waals surface area contributed by atoms with E-state index in [0.29, 0.717) is 5.56 Å². The van der Waals surface area contributed by atoms with Crippen LogP contribution in [0.2, 0.25) is 0 Å². The van der Waals surface area contributed by atoms with Crippen LogP contribution in [0.5, 0.6) is 0 Å². The molecule has 1 unspecified atom stereocenters. The van der Waals surface area contributed by atoms with Crippen LogP contribution in [0.15, 0.2) is 48.7 Å². The molecule has 0 aliphatic carbocycles. The van der Waals surface area contributed by atoms with Crippen molar-refractivity contribution in [2.45, 2.75) is 33.1 Å². The number of aromatic carboxylic acids is 1. The van der Waals surface area contributed by atoms with E-state index in [1.165, 1.54) is 19.6 Å². The van der Waals surface area contributed by atoms with Crippen LogP contribution < -0.4 is 0 Å². The van der Waals surface area contributed by atoms with E-state index in [0.717, 1.165) is 24.2 Å². The van der Waals surface area contributed by atoms with Crippen molar-refractivity contribution in [2.24, 2.45) is 0 Å². The van der Waals surface area contributed by atoms with Crippen molar-refractivity contribution < 1.29 is 9.90 Å². The van der Waals surface area contributed by atoms with E-state index in [-0.39, 0.29) is 5.92 Å². The third-order valence-corrected chi connectivity index (χ3v) is 4.81. The highest BCUT2D eigenvalue weighted by atomic mass is 16.4. The lowest BCUT2D eigenvalue weighted by molar-refractivity contribution is 0.0697. The number of carboxylic acids is 1. The zero-order valence-electron chi connectivity index (χ0n) is 17.9. The molecule has 0 bridgehead atoms. The van der Waals surface area contributed by atoms with Gasteiger partial charge >= 0.3 is 5.97 Å². The molecule has 0 radical (unpaired) electrons. The first-order chi connectivity index (χ1) is 13.4. The van der Waals surface area contributed by atoms with Crippen LogP contribution >= 0.6 is 0 Å². The standard InChI is InChI=1S/C17H20N2O2.C6H15N/c1-19(2)12-10-15(16-5-3-4-11-18-16)13-6-8-14(9-7-13)17(20)21;1-4-7(5-2)6-3/h3-9,11,15H,10,12H2,1-2H3,(H,20,21);4-6H2,1-3H3. The molecule has 154 valence electrons. The molecule has 2 rings (SSSR count). The average molecular weight is 386 g/mol. The Bertz CT molecular complexity index is 662. The van der Waals surface area contributed by atoms with Crippen LogP contribution in [0.25, 0.3) is 0 Å². The summed E-state index contributed by atoms with van der Waals surface area (Å²) in [5, 5.41) is 8.99. The van der Waals surface area contributed by atoms with Crippen LogP contribution in [-0.4, -0.2) is 66.1 Å². The van der Waals surface area contributed by atoms with Crippen LogP contribution in [-0.2, 0) is 0 Å². The summed E-state index contributed by atoms with van der Waals surface area (Å²) in [6.45, 7) is 11.1.